The Balaban J connectivity index is -0.000000143. The van der Waals surface area contributed by atoms with E-state index in [2.05, 4.69) is 49.7 Å². The van der Waals surface area contributed by atoms with Gasteiger partial charge in [-0.1, -0.05) is 8.64 Å². The molecule has 74 valence electrons. The number of hydrogen-bond acceptors (Lipinski definition) is 4. The molecule has 0 aromatic carbocycles. The maximum absolute atomic E-state index is 4.56. The van der Waals surface area contributed by atoms with Crippen LogP contribution in [0.25, 0.3) is 0 Å². The van der Waals surface area contributed by atoms with Crippen molar-refractivity contribution in [3.05, 3.63) is 0 Å². The van der Waals surface area contributed by atoms with Gasteiger partial charge in [0.1, 0.15) is 0 Å². The summed E-state index contributed by atoms with van der Waals surface area (Å²) in [7, 11) is 7.31. The molecule has 0 unspecified atom stereocenters. The van der Waals surface area contributed by atoms with Gasteiger partial charge in [0.2, 0.25) is 0 Å². The summed E-state index contributed by atoms with van der Waals surface area (Å²) in [5.74, 6) is 0. The molecule has 0 aliphatic rings. The zero-order valence-electron chi connectivity index (χ0n) is 8.03. The molecule has 0 amide bonds. The zero-order valence-corrected chi connectivity index (χ0v) is 15.2. The molecule has 13 heavy (non-hydrogen) atoms. The fourth-order valence-corrected chi connectivity index (χ4v) is 0. The molecule has 0 atom stereocenters. The topological polar surface area (TPSA) is 6.48 Å². The Kier molecular flexibility index (Phi) is 17.0. The average Bonchev–Trinajstić information content (AvgIpc) is 1.88. The average molecular weight is 448 g/mol. The first-order chi connectivity index (χ1) is 5.29. The van der Waals surface area contributed by atoms with Gasteiger partial charge in [0.15, 0.2) is 0 Å². The van der Waals surface area contributed by atoms with E-state index in [4.69, 9.17) is 0 Å². The first kappa shape index (κ1) is 19.7. The molecule has 2 nitrogen and oxygen atoms in total. The summed E-state index contributed by atoms with van der Waals surface area (Å²) in [4.78, 5) is 3.43. The van der Waals surface area contributed by atoms with Crippen LogP contribution in [-0.4, -0.2) is 73.9 Å². The molecule has 0 rings (SSSR count). The monoisotopic (exact) mass is 448 g/mol. The third-order valence-electron chi connectivity index (χ3n) is 0.730. The molecule has 0 aromatic rings. The Labute approximate surface area is 122 Å². The van der Waals surface area contributed by atoms with Crippen LogP contribution >= 0.6 is 24.4 Å². The van der Waals surface area contributed by atoms with Gasteiger partial charge in [-0.15, -0.1) is 0 Å². The van der Waals surface area contributed by atoms with E-state index in [9.17, 15) is 0 Å². The van der Waals surface area contributed by atoms with Gasteiger partial charge in [0.25, 0.3) is 0 Å². The summed E-state index contributed by atoms with van der Waals surface area (Å²) < 4.78 is 1.02. The van der Waals surface area contributed by atoms with Gasteiger partial charge in [-0.05, 0) is 0 Å². The molecule has 7 heteroatoms. The SMILES string of the molecule is CN(C)C(=S)[S-].CN(C)C(=S)[S-].[Pb+2]. The van der Waals surface area contributed by atoms with Crippen LogP contribution in [0.15, 0.2) is 0 Å². The quantitative estimate of drug-likeness (QED) is 0.299. The standard InChI is InChI=1S/2C3H7NS2.Pb/c2*1-4(2)3(5)6;/h2*1-2H3,(H,5,6);/q;;+2/p-2. The maximum Gasteiger partial charge on any atom is 2.00 e. The van der Waals surface area contributed by atoms with Gasteiger partial charge >= 0.3 is 27.3 Å². The minimum atomic E-state index is 0. The van der Waals surface area contributed by atoms with Crippen LogP contribution in [0.2, 0.25) is 0 Å². The van der Waals surface area contributed by atoms with E-state index in [1.165, 1.54) is 0 Å². The largest absolute Gasteiger partial charge is 2.00 e. The molecule has 0 aliphatic heterocycles. The summed E-state index contributed by atoms with van der Waals surface area (Å²) in [6.45, 7) is 0. The Morgan fingerprint density at radius 1 is 0.846 bits per heavy atom. The molecule has 0 heterocycles. The van der Waals surface area contributed by atoms with Gasteiger partial charge in [-0.2, -0.15) is 0 Å². The smallest absolute Gasteiger partial charge is 0.411 e. The number of hydrogen-bond donors (Lipinski definition) is 0. The summed E-state index contributed by atoms with van der Waals surface area (Å²) >= 11 is 18.2. The zero-order chi connectivity index (χ0) is 10.3. The molecular weight excluding hydrogens is 436 g/mol. The number of thiocarbonyl (C=S) groups is 2. The first-order valence-corrected chi connectivity index (χ1v) is 4.69. The van der Waals surface area contributed by atoms with E-state index in [1.807, 2.05) is 28.2 Å². The molecular formula is C6H12N2PbS4. The van der Waals surface area contributed by atoms with Gasteiger partial charge in [-0.3, -0.25) is 0 Å². The number of rotatable bonds is 0. The van der Waals surface area contributed by atoms with E-state index < -0.39 is 0 Å². The van der Waals surface area contributed by atoms with Crippen molar-refractivity contribution in [3.63, 3.8) is 0 Å². The summed E-state index contributed by atoms with van der Waals surface area (Å²) in [6, 6.07) is 0. The third kappa shape index (κ3) is 19.5. The normalized spacial score (nSPS) is 7.08. The van der Waals surface area contributed by atoms with Crippen LogP contribution in [0, 0.1) is 0 Å². The van der Waals surface area contributed by atoms with Crippen molar-refractivity contribution in [3.8, 4) is 0 Å². The van der Waals surface area contributed by atoms with Gasteiger partial charge in [0, 0.05) is 28.2 Å². The summed E-state index contributed by atoms with van der Waals surface area (Å²) in [5.41, 5.74) is 0. The van der Waals surface area contributed by atoms with Gasteiger partial charge in [-0.25, -0.2) is 0 Å². The van der Waals surface area contributed by atoms with E-state index >= 15 is 0 Å². The van der Waals surface area contributed by atoms with Crippen LogP contribution in [0.5, 0.6) is 0 Å². The molecule has 0 bridgehead atoms. The van der Waals surface area contributed by atoms with Crippen LogP contribution in [-0.2, 0) is 25.3 Å². The Hall–Kier alpha value is 1.14. The molecule has 0 spiro atoms. The van der Waals surface area contributed by atoms with Crippen LogP contribution in [0.4, 0.5) is 0 Å². The van der Waals surface area contributed by atoms with Crippen molar-refractivity contribution < 1.29 is 0 Å². The van der Waals surface area contributed by atoms with Crippen molar-refractivity contribution >= 4 is 85.6 Å². The van der Waals surface area contributed by atoms with E-state index in [1.54, 1.807) is 9.80 Å². The van der Waals surface area contributed by atoms with E-state index in [0.29, 0.717) is 8.64 Å². The predicted molar refractivity (Wildman–Crippen MR) is 73.1 cm³/mol. The van der Waals surface area contributed by atoms with Crippen molar-refractivity contribution in [1.29, 1.82) is 0 Å². The van der Waals surface area contributed by atoms with Gasteiger partial charge in [0.05, 0.1) is 0 Å². The van der Waals surface area contributed by atoms with Crippen molar-refractivity contribution in [2.75, 3.05) is 28.2 Å². The molecule has 0 aromatic heterocycles. The molecule has 2 radical (unpaired) electrons. The molecule has 0 saturated carbocycles. The summed E-state index contributed by atoms with van der Waals surface area (Å²) in [5, 5.41) is 0. The van der Waals surface area contributed by atoms with Crippen molar-refractivity contribution in [2.45, 2.75) is 0 Å². The van der Waals surface area contributed by atoms with Gasteiger partial charge < -0.3 is 59.5 Å². The maximum atomic E-state index is 4.56. The van der Waals surface area contributed by atoms with Crippen LogP contribution in [0.3, 0.4) is 0 Å². The van der Waals surface area contributed by atoms with Crippen molar-refractivity contribution in [1.82, 2.24) is 9.80 Å². The van der Waals surface area contributed by atoms with E-state index in [-0.39, 0.29) is 27.3 Å². The molecule has 0 aliphatic carbocycles. The fraction of sp³-hybridized carbons (Fsp3) is 0.667. The second-order valence-electron chi connectivity index (χ2n) is 2.32. The molecule has 0 N–H and O–H groups in total. The number of nitrogens with zero attached hydrogens (tertiary/aromatic N) is 2. The van der Waals surface area contributed by atoms with E-state index in [0.717, 1.165) is 0 Å². The second-order valence-corrected chi connectivity index (χ2v) is 4.38. The first-order valence-electron chi connectivity index (χ1n) is 3.05. The molecule has 0 saturated heterocycles. The Bertz CT molecular complexity index is 143. The Morgan fingerprint density at radius 2 is 0.923 bits per heavy atom. The predicted octanol–water partition coefficient (Wildman–Crippen LogP) is 0.379. The fourth-order valence-electron chi connectivity index (χ4n) is 0. The van der Waals surface area contributed by atoms with Crippen LogP contribution in [0.1, 0.15) is 0 Å². The minimum absolute atomic E-state index is 0. The third-order valence-corrected chi connectivity index (χ3v) is 2.19. The second kappa shape index (κ2) is 11.2. The Morgan fingerprint density at radius 3 is 0.923 bits per heavy atom. The van der Waals surface area contributed by atoms with Crippen LogP contribution < -0.4 is 0 Å². The van der Waals surface area contributed by atoms with Crippen molar-refractivity contribution in [2.24, 2.45) is 0 Å². The molecule has 0 fully saturated rings. The minimum Gasteiger partial charge on any atom is -0.411 e. The summed E-state index contributed by atoms with van der Waals surface area (Å²) in [6.07, 6.45) is 0.